The summed E-state index contributed by atoms with van der Waals surface area (Å²) in [7, 11) is 6.79. The monoisotopic (exact) mass is 907 g/mol. The van der Waals surface area contributed by atoms with Gasteiger partial charge in [-0.15, -0.1) is 0 Å². The number of amides is 1. The zero-order valence-electron chi connectivity index (χ0n) is 34.3. The molecule has 3 heterocycles. The lowest BCUT2D eigenvalue weighted by Gasteiger charge is -2.17. The van der Waals surface area contributed by atoms with Crippen LogP contribution in [0.15, 0.2) is 101 Å². The Balaban J connectivity index is 1.34. The van der Waals surface area contributed by atoms with Gasteiger partial charge in [0, 0.05) is 71.2 Å². The molecule has 2 N–H and O–H groups in total. The van der Waals surface area contributed by atoms with E-state index in [1.54, 1.807) is 72.8 Å². The fourth-order valence-electron chi connectivity index (χ4n) is 6.87. The number of hydrogen-bond acceptors (Lipinski definition) is 11. The molecule has 0 saturated carbocycles. The Hall–Kier alpha value is -7.19. The van der Waals surface area contributed by atoms with Crippen molar-refractivity contribution in [3.05, 3.63) is 129 Å². The summed E-state index contributed by atoms with van der Waals surface area (Å²) in [6, 6.07) is 20.5. The molecular formula is C43H36ClF6N9O5. The second kappa shape index (κ2) is 18.3. The van der Waals surface area contributed by atoms with Gasteiger partial charge in [0.2, 0.25) is 0 Å². The summed E-state index contributed by atoms with van der Waals surface area (Å²) in [6.45, 7) is 0. The summed E-state index contributed by atoms with van der Waals surface area (Å²) in [4.78, 5) is 28.2. The maximum Gasteiger partial charge on any atom is 0.435 e. The first-order valence-electron chi connectivity index (χ1n) is 18.9. The van der Waals surface area contributed by atoms with Crippen LogP contribution in [0.1, 0.15) is 50.1 Å². The Kier molecular flexibility index (Phi) is 12.8. The Morgan fingerprint density at radius 3 is 1.81 bits per heavy atom. The molecule has 4 aromatic carbocycles. The smallest absolute Gasteiger partial charge is 0.399 e. The van der Waals surface area contributed by atoms with Gasteiger partial charge in [0.15, 0.2) is 17.6 Å². The van der Waals surface area contributed by atoms with Crippen LogP contribution < -0.4 is 10.6 Å². The van der Waals surface area contributed by atoms with Crippen LogP contribution in [-0.2, 0) is 45.7 Å². The van der Waals surface area contributed by atoms with E-state index in [1.165, 1.54) is 60.3 Å². The number of oxime groups is 3. The van der Waals surface area contributed by atoms with Crippen LogP contribution in [0, 0.1) is 0 Å². The van der Waals surface area contributed by atoms with E-state index in [1.807, 2.05) is 0 Å². The molecule has 1 saturated heterocycles. The highest BCUT2D eigenvalue weighted by atomic mass is 35.5. The van der Waals surface area contributed by atoms with Crippen LogP contribution in [0.25, 0.3) is 33.4 Å². The van der Waals surface area contributed by atoms with Crippen molar-refractivity contribution in [3.63, 3.8) is 0 Å². The van der Waals surface area contributed by atoms with Gasteiger partial charge in [0.05, 0.1) is 29.2 Å². The molecule has 1 amide bonds. The largest absolute Gasteiger partial charge is 0.435 e. The highest BCUT2D eigenvalue weighted by Crippen LogP contribution is 2.46. The first kappa shape index (κ1) is 44.9. The molecule has 1 fully saturated rings. The predicted molar refractivity (Wildman–Crippen MR) is 227 cm³/mol. The Morgan fingerprint density at radius 2 is 1.20 bits per heavy atom. The first-order valence-corrected chi connectivity index (χ1v) is 19.2. The quantitative estimate of drug-likeness (QED) is 0.0474. The zero-order valence-corrected chi connectivity index (χ0v) is 35.0. The van der Waals surface area contributed by atoms with Crippen LogP contribution in [0.3, 0.4) is 0 Å². The molecule has 332 valence electrons. The Bertz CT molecular complexity index is 2800. The number of rotatable bonds is 14. The molecule has 0 bridgehead atoms. The van der Waals surface area contributed by atoms with Crippen molar-refractivity contribution in [1.82, 2.24) is 19.6 Å². The number of carbonyl (C=O) groups excluding carboxylic acids is 1. The van der Waals surface area contributed by atoms with Crippen LogP contribution in [0.2, 0.25) is 5.02 Å². The number of ether oxygens (including phenoxy) is 1. The van der Waals surface area contributed by atoms with Crippen molar-refractivity contribution in [1.29, 1.82) is 0 Å². The van der Waals surface area contributed by atoms with Gasteiger partial charge in [-0.25, -0.2) is 0 Å². The minimum absolute atomic E-state index is 0.115. The van der Waals surface area contributed by atoms with Gasteiger partial charge in [-0.05, 0) is 46.5 Å². The summed E-state index contributed by atoms with van der Waals surface area (Å²) in [5, 5.41) is 24.7. The molecule has 2 aromatic heterocycles. The highest BCUT2D eigenvalue weighted by molar-refractivity contribution is 6.33. The third kappa shape index (κ3) is 9.87. The van der Waals surface area contributed by atoms with Gasteiger partial charge in [0.1, 0.15) is 27.4 Å². The number of hydrogen-bond donors (Lipinski definition) is 2. The average molecular weight is 908 g/mol. The Morgan fingerprint density at radius 1 is 0.688 bits per heavy atom. The minimum atomic E-state index is -4.93. The molecule has 6 aromatic rings. The molecule has 0 aliphatic carbocycles. The molecule has 64 heavy (non-hydrogen) atoms. The summed E-state index contributed by atoms with van der Waals surface area (Å²) in [5.74, 6) is -1.08. The summed E-state index contributed by atoms with van der Waals surface area (Å²) in [5.41, 5.74) is 2.12. The van der Waals surface area contributed by atoms with E-state index in [9.17, 15) is 31.1 Å². The molecule has 2 unspecified atom stereocenters. The summed E-state index contributed by atoms with van der Waals surface area (Å²) in [6.07, 6.45) is -5.01. The van der Waals surface area contributed by atoms with E-state index in [-0.39, 0.29) is 16.3 Å². The average Bonchev–Trinajstić information content (AvgIpc) is 3.68. The van der Waals surface area contributed by atoms with Crippen molar-refractivity contribution >= 4 is 47.5 Å². The van der Waals surface area contributed by atoms with Crippen molar-refractivity contribution in [3.8, 4) is 33.4 Å². The number of nitrogens with zero attached hydrogens (tertiary/aromatic N) is 7. The SMILES string of the molecule is CO/N=C\c1ccc(-c2ccc(-c3ccc(-c4ccc(/C=N\OC)c(/C=N/OC)c4)c(NC4OC4c4cn(C)nc4C(F)(F)F)c3)cc2NC(=O)c2cn(C)nc2C(F)(F)F)cc1Cl. The third-order valence-electron chi connectivity index (χ3n) is 9.78. The van der Waals surface area contributed by atoms with Crippen molar-refractivity contribution in [2.75, 3.05) is 32.0 Å². The molecule has 0 radical (unpaired) electrons. The number of halogens is 7. The van der Waals surface area contributed by atoms with E-state index in [0.717, 1.165) is 15.6 Å². The Labute approximate surface area is 365 Å². The van der Waals surface area contributed by atoms with Gasteiger partial charge >= 0.3 is 12.4 Å². The molecular weight excluding hydrogens is 872 g/mol. The van der Waals surface area contributed by atoms with Crippen LogP contribution >= 0.6 is 11.6 Å². The van der Waals surface area contributed by atoms with Crippen molar-refractivity contribution < 1.29 is 50.4 Å². The normalized spacial score (nSPS) is 15.3. The van der Waals surface area contributed by atoms with E-state index in [2.05, 4.69) is 36.3 Å². The van der Waals surface area contributed by atoms with Crippen LogP contribution in [0.4, 0.5) is 37.7 Å². The molecule has 7 rings (SSSR count). The molecule has 0 spiro atoms. The second-order valence-corrected chi connectivity index (χ2v) is 14.5. The number of anilines is 2. The topological polar surface area (TPSA) is 154 Å². The van der Waals surface area contributed by atoms with Crippen LogP contribution in [-0.4, -0.2) is 71.7 Å². The lowest BCUT2D eigenvalue weighted by atomic mass is 9.94. The maximum atomic E-state index is 14.0. The fraction of sp³-hybridized carbons (Fsp3) is 0.209. The molecule has 21 heteroatoms. The lowest BCUT2D eigenvalue weighted by Crippen LogP contribution is -2.18. The van der Waals surface area contributed by atoms with Gasteiger partial charge in [0.25, 0.3) is 5.91 Å². The van der Waals surface area contributed by atoms with E-state index in [0.29, 0.717) is 55.8 Å². The van der Waals surface area contributed by atoms with Gasteiger partial charge < -0.3 is 29.9 Å². The number of carbonyl (C=O) groups is 1. The summed E-state index contributed by atoms with van der Waals surface area (Å²) >= 11 is 6.57. The maximum absolute atomic E-state index is 14.0. The third-order valence-corrected chi connectivity index (χ3v) is 10.1. The minimum Gasteiger partial charge on any atom is -0.399 e. The van der Waals surface area contributed by atoms with Gasteiger partial charge in [-0.2, -0.15) is 36.5 Å². The number of alkyl halides is 6. The second-order valence-electron chi connectivity index (χ2n) is 14.1. The first-order chi connectivity index (χ1) is 30.5. The van der Waals surface area contributed by atoms with E-state index >= 15 is 0 Å². The zero-order chi connectivity index (χ0) is 45.9. The number of epoxide rings is 1. The number of aryl methyl sites for hydroxylation is 2. The molecule has 2 atom stereocenters. The standard InChI is InChI=1S/C43H36ClF6N9O5/c1-58-21-32(38(56-58)42(45,46)47)37-41(64-37)55-36-17-24(10-12-30(36)25-6-8-27(18-51-61-3)29(14-25)20-53-63-5)23-11-13-31(26-7-9-28(19-52-62-4)34(44)15-26)35(16-23)54-40(60)33-22-59(2)57-39(33)43(48,49)50/h6-22,37,41,55H,1-5H3,(H,54,60)/b51-18-,52-19-,53-20+. The fourth-order valence-corrected chi connectivity index (χ4v) is 7.10. The lowest BCUT2D eigenvalue weighted by molar-refractivity contribution is -0.142. The van der Waals surface area contributed by atoms with Gasteiger partial charge in [-0.3, -0.25) is 14.2 Å². The van der Waals surface area contributed by atoms with E-state index < -0.39 is 47.5 Å². The molecule has 1 aliphatic rings. The highest BCUT2D eigenvalue weighted by Gasteiger charge is 2.48. The van der Waals surface area contributed by atoms with E-state index in [4.69, 9.17) is 30.9 Å². The molecule has 14 nitrogen and oxygen atoms in total. The number of aromatic nitrogens is 4. The van der Waals surface area contributed by atoms with Crippen molar-refractivity contribution in [2.45, 2.75) is 24.7 Å². The molecule has 1 aliphatic heterocycles. The van der Waals surface area contributed by atoms with Gasteiger partial charge in [-0.1, -0.05) is 75.6 Å². The number of benzene rings is 4. The number of nitrogens with one attached hydrogen (secondary N) is 2. The summed E-state index contributed by atoms with van der Waals surface area (Å²) < 4.78 is 91.7. The predicted octanol–water partition coefficient (Wildman–Crippen LogP) is 9.55. The van der Waals surface area contributed by atoms with Crippen LogP contribution in [0.5, 0.6) is 0 Å². The van der Waals surface area contributed by atoms with Crippen molar-refractivity contribution in [2.24, 2.45) is 29.6 Å².